The van der Waals surface area contributed by atoms with Crippen molar-refractivity contribution in [2.45, 2.75) is 13.5 Å². The number of ether oxygens (including phenoxy) is 2. The molecule has 1 amide bonds. The van der Waals surface area contributed by atoms with Gasteiger partial charge in [-0.25, -0.2) is 0 Å². The highest BCUT2D eigenvalue weighted by atomic mass is 35.5. The van der Waals surface area contributed by atoms with Crippen molar-refractivity contribution in [2.24, 2.45) is 5.92 Å². The van der Waals surface area contributed by atoms with Crippen molar-refractivity contribution < 1.29 is 14.3 Å². The summed E-state index contributed by atoms with van der Waals surface area (Å²) in [6.07, 6.45) is 0. The zero-order valence-corrected chi connectivity index (χ0v) is 14.7. The van der Waals surface area contributed by atoms with E-state index in [0.717, 1.165) is 5.56 Å². The van der Waals surface area contributed by atoms with Crippen molar-refractivity contribution in [3.8, 4) is 5.75 Å². The maximum Gasteiger partial charge on any atom is 0.255 e. The van der Waals surface area contributed by atoms with Crippen LogP contribution in [0, 0.1) is 5.92 Å². The van der Waals surface area contributed by atoms with Gasteiger partial charge in [0.25, 0.3) is 5.91 Å². The number of rotatable bonds is 8. The highest BCUT2D eigenvalue weighted by molar-refractivity contribution is 6.30. The second-order valence-corrected chi connectivity index (χ2v) is 6.12. The Morgan fingerprint density at radius 3 is 2.58 bits per heavy atom. The fraction of sp³-hybridized carbons (Fsp3) is 0.316. The summed E-state index contributed by atoms with van der Waals surface area (Å²) >= 11 is 5.88. The summed E-state index contributed by atoms with van der Waals surface area (Å²) in [5.41, 5.74) is 1.51. The third kappa shape index (κ3) is 5.55. The van der Waals surface area contributed by atoms with Crippen LogP contribution >= 0.6 is 11.6 Å². The molecule has 128 valence electrons. The van der Waals surface area contributed by atoms with E-state index in [1.807, 2.05) is 43.3 Å². The normalized spacial score (nSPS) is 11.8. The van der Waals surface area contributed by atoms with Crippen molar-refractivity contribution >= 4 is 17.5 Å². The van der Waals surface area contributed by atoms with Crippen molar-refractivity contribution in [3.05, 3.63) is 64.7 Å². The molecular weight excluding hydrogens is 326 g/mol. The molecule has 2 aromatic carbocycles. The van der Waals surface area contributed by atoms with Crippen LogP contribution in [-0.2, 0) is 11.3 Å². The Morgan fingerprint density at radius 2 is 1.88 bits per heavy atom. The molecule has 24 heavy (non-hydrogen) atoms. The number of para-hydroxylation sites is 1. The molecule has 4 nitrogen and oxygen atoms in total. The molecule has 0 heterocycles. The molecule has 0 fully saturated rings. The van der Waals surface area contributed by atoms with Crippen molar-refractivity contribution in [1.29, 1.82) is 0 Å². The van der Waals surface area contributed by atoms with E-state index in [0.29, 0.717) is 36.1 Å². The van der Waals surface area contributed by atoms with E-state index in [2.05, 4.69) is 5.32 Å². The van der Waals surface area contributed by atoms with Gasteiger partial charge in [-0.2, -0.15) is 0 Å². The van der Waals surface area contributed by atoms with Gasteiger partial charge in [-0.3, -0.25) is 4.79 Å². The Balaban J connectivity index is 1.98. The summed E-state index contributed by atoms with van der Waals surface area (Å²) in [4.78, 5) is 12.4. The smallest absolute Gasteiger partial charge is 0.255 e. The zero-order chi connectivity index (χ0) is 17.4. The van der Waals surface area contributed by atoms with E-state index in [1.165, 1.54) is 0 Å². The van der Waals surface area contributed by atoms with Gasteiger partial charge in [-0.05, 0) is 35.7 Å². The van der Waals surface area contributed by atoms with Crippen molar-refractivity contribution in [3.63, 3.8) is 0 Å². The number of nitrogens with one attached hydrogen (secondary N) is 1. The standard InChI is InChI=1S/C19H22ClNO3/c1-14(12-23-2)11-21-19(22)17-5-3-4-6-18(17)24-13-15-7-9-16(20)10-8-15/h3-10,14H,11-13H2,1-2H3,(H,21,22)/t14-/m0/s1. The Bertz CT molecular complexity index is 658. The van der Waals surface area contributed by atoms with Crippen LogP contribution in [0.5, 0.6) is 5.75 Å². The van der Waals surface area contributed by atoms with E-state index in [9.17, 15) is 4.79 Å². The Morgan fingerprint density at radius 1 is 1.17 bits per heavy atom. The van der Waals surface area contributed by atoms with Gasteiger partial charge in [-0.15, -0.1) is 0 Å². The van der Waals surface area contributed by atoms with Crippen LogP contribution in [0.15, 0.2) is 48.5 Å². The largest absolute Gasteiger partial charge is 0.488 e. The molecule has 0 aliphatic rings. The van der Waals surface area contributed by atoms with Gasteiger partial charge >= 0.3 is 0 Å². The topological polar surface area (TPSA) is 47.6 Å². The van der Waals surface area contributed by atoms with Gasteiger partial charge in [0.1, 0.15) is 12.4 Å². The quantitative estimate of drug-likeness (QED) is 0.787. The van der Waals surface area contributed by atoms with Crippen molar-refractivity contribution in [1.82, 2.24) is 5.32 Å². The van der Waals surface area contributed by atoms with Crippen LogP contribution in [0.1, 0.15) is 22.8 Å². The van der Waals surface area contributed by atoms with Gasteiger partial charge in [0.2, 0.25) is 0 Å². The molecule has 1 N–H and O–H groups in total. The molecule has 0 unspecified atom stereocenters. The molecule has 0 aliphatic heterocycles. The SMILES string of the molecule is COC[C@@H](C)CNC(=O)c1ccccc1OCc1ccc(Cl)cc1. The highest BCUT2D eigenvalue weighted by Gasteiger charge is 2.13. The minimum atomic E-state index is -0.148. The molecule has 0 radical (unpaired) electrons. The number of benzene rings is 2. The molecule has 0 saturated carbocycles. The lowest BCUT2D eigenvalue weighted by atomic mass is 10.1. The van der Waals surface area contributed by atoms with Crippen LogP contribution in [-0.4, -0.2) is 26.2 Å². The van der Waals surface area contributed by atoms with Crippen molar-refractivity contribution in [2.75, 3.05) is 20.3 Å². The van der Waals surface area contributed by atoms with E-state index < -0.39 is 0 Å². The average molecular weight is 348 g/mol. The molecule has 2 rings (SSSR count). The van der Waals surface area contributed by atoms with Crippen LogP contribution < -0.4 is 10.1 Å². The molecule has 0 aromatic heterocycles. The predicted molar refractivity (Wildman–Crippen MR) is 95.6 cm³/mol. The van der Waals surface area contributed by atoms with Gasteiger partial charge < -0.3 is 14.8 Å². The number of carbonyl (C=O) groups is 1. The summed E-state index contributed by atoms with van der Waals surface area (Å²) in [6, 6.07) is 14.7. The number of hydrogen-bond acceptors (Lipinski definition) is 3. The summed E-state index contributed by atoms with van der Waals surface area (Å²) in [5, 5.41) is 3.60. The Hall–Kier alpha value is -2.04. The summed E-state index contributed by atoms with van der Waals surface area (Å²) < 4.78 is 10.9. The lowest BCUT2D eigenvalue weighted by Crippen LogP contribution is -2.30. The van der Waals surface area contributed by atoms with Gasteiger partial charge in [0.05, 0.1) is 12.2 Å². The van der Waals surface area contributed by atoms with Crippen LogP contribution in [0.2, 0.25) is 5.02 Å². The lowest BCUT2D eigenvalue weighted by Gasteiger charge is -2.14. The number of hydrogen-bond donors (Lipinski definition) is 1. The predicted octanol–water partition coefficient (Wildman–Crippen LogP) is 3.93. The van der Waals surface area contributed by atoms with E-state index in [1.54, 1.807) is 19.2 Å². The molecule has 0 saturated heterocycles. The number of amides is 1. The Labute approximate surface area is 147 Å². The molecule has 2 aromatic rings. The van der Waals surface area contributed by atoms with Gasteiger partial charge in [0, 0.05) is 18.7 Å². The fourth-order valence-electron chi connectivity index (χ4n) is 2.23. The maximum atomic E-state index is 12.4. The number of carbonyl (C=O) groups excluding carboxylic acids is 1. The maximum absolute atomic E-state index is 12.4. The number of halogens is 1. The molecule has 0 spiro atoms. The lowest BCUT2D eigenvalue weighted by molar-refractivity contribution is 0.0929. The third-order valence-electron chi connectivity index (χ3n) is 3.50. The fourth-order valence-corrected chi connectivity index (χ4v) is 2.35. The van der Waals surface area contributed by atoms with E-state index in [4.69, 9.17) is 21.1 Å². The average Bonchev–Trinajstić information content (AvgIpc) is 2.60. The third-order valence-corrected chi connectivity index (χ3v) is 3.75. The summed E-state index contributed by atoms with van der Waals surface area (Å²) in [7, 11) is 1.65. The molecular formula is C19H22ClNO3. The van der Waals surface area contributed by atoms with Crippen LogP contribution in [0.3, 0.4) is 0 Å². The molecule has 0 aliphatic carbocycles. The van der Waals surface area contributed by atoms with Gasteiger partial charge in [0.15, 0.2) is 0 Å². The Kier molecular flexibility index (Phi) is 7.09. The first kappa shape index (κ1) is 18.3. The molecule has 5 heteroatoms. The van der Waals surface area contributed by atoms with Crippen LogP contribution in [0.25, 0.3) is 0 Å². The first-order valence-electron chi connectivity index (χ1n) is 7.83. The minimum Gasteiger partial charge on any atom is -0.488 e. The van der Waals surface area contributed by atoms with Crippen LogP contribution in [0.4, 0.5) is 0 Å². The van der Waals surface area contributed by atoms with E-state index in [-0.39, 0.29) is 11.8 Å². The molecule has 1 atom stereocenters. The summed E-state index contributed by atoms with van der Waals surface area (Å²) in [6.45, 7) is 3.56. The van der Waals surface area contributed by atoms with Gasteiger partial charge in [-0.1, -0.05) is 42.8 Å². The highest BCUT2D eigenvalue weighted by Crippen LogP contribution is 2.20. The zero-order valence-electron chi connectivity index (χ0n) is 13.9. The molecule has 0 bridgehead atoms. The monoisotopic (exact) mass is 347 g/mol. The number of methoxy groups -OCH3 is 1. The summed E-state index contributed by atoms with van der Waals surface area (Å²) in [5.74, 6) is 0.662. The minimum absolute atomic E-state index is 0.148. The second kappa shape index (κ2) is 9.30. The first-order valence-corrected chi connectivity index (χ1v) is 8.21. The first-order chi connectivity index (χ1) is 11.6. The second-order valence-electron chi connectivity index (χ2n) is 5.68. The van der Waals surface area contributed by atoms with E-state index >= 15 is 0 Å².